The van der Waals surface area contributed by atoms with Crippen molar-refractivity contribution in [2.24, 2.45) is 0 Å². The van der Waals surface area contributed by atoms with Crippen molar-refractivity contribution in [3.63, 3.8) is 0 Å². The lowest BCUT2D eigenvalue weighted by atomic mass is 10.2. The number of carbonyl (C=O) groups is 1. The number of thioether (sulfide) groups is 1. The van der Waals surface area contributed by atoms with Gasteiger partial charge >= 0.3 is 0 Å². The van der Waals surface area contributed by atoms with Crippen LogP contribution in [0.5, 0.6) is 11.5 Å². The molecule has 0 saturated carbocycles. The molecule has 1 aliphatic rings. The SMILES string of the molecule is O=C(CSc1nc2c(cnn2CCO)c(=O)[nH]1)NCc1ccc2c(c1)OCO2. The number of hydrogen-bond acceptors (Lipinski definition) is 8. The first-order valence-electron chi connectivity index (χ1n) is 8.49. The molecule has 1 amide bonds. The highest BCUT2D eigenvalue weighted by Gasteiger charge is 2.14. The predicted octanol–water partition coefficient (Wildman–Crippen LogP) is 0.249. The van der Waals surface area contributed by atoms with Crippen molar-refractivity contribution in [2.45, 2.75) is 18.2 Å². The molecular weight excluding hydrogens is 386 g/mol. The molecule has 0 bridgehead atoms. The van der Waals surface area contributed by atoms with E-state index in [4.69, 9.17) is 14.6 Å². The summed E-state index contributed by atoms with van der Waals surface area (Å²) in [5.74, 6) is 1.24. The topological polar surface area (TPSA) is 131 Å². The van der Waals surface area contributed by atoms with Gasteiger partial charge in [-0.05, 0) is 17.7 Å². The van der Waals surface area contributed by atoms with Gasteiger partial charge in [-0.15, -0.1) is 0 Å². The number of rotatable bonds is 7. The molecule has 3 heterocycles. The van der Waals surface area contributed by atoms with Gasteiger partial charge in [0.2, 0.25) is 12.7 Å². The zero-order valence-electron chi connectivity index (χ0n) is 14.7. The summed E-state index contributed by atoms with van der Waals surface area (Å²) in [5, 5.41) is 16.6. The number of hydrogen-bond donors (Lipinski definition) is 3. The van der Waals surface area contributed by atoms with Gasteiger partial charge in [-0.2, -0.15) is 5.10 Å². The largest absolute Gasteiger partial charge is 0.454 e. The van der Waals surface area contributed by atoms with E-state index >= 15 is 0 Å². The van der Waals surface area contributed by atoms with Crippen LogP contribution in [0.1, 0.15) is 5.56 Å². The van der Waals surface area contributed by atoms with Crippen molar-refractivity contribution < 1.29 is 19.4 Å². The molecule has 0 aliphatic carbocycles. The third kappa shape index (κ3) is 3.80. The van der Waals surface area contributed by atoms with Crippen LogP contribution in [0.3, 0.4) is 0 Å². The van der Waals surface area contributed by atoms with Gasteiger partial charge in [0, 0.05) is 6.54 Å². The Hall–Kier alpha value is -3.05. The van der Waals surface area contributed by atoms with Crippen LogP contribution in [0.2, 0.25) is 0 Å². The van der Waals surface area contributed by atoms with E-state index in [0.29, 0.717) is 34.2 Å². The molecule has 11 heteroatoms. The maximum Gasteiger partial charge on any atom is 0.262 e. The van der Waals surface area contributed by atoms with E-state index in [9.17, 15) is 9.59 Å². The second kappa shape index (κ2) is 7.90. The molecule has 0 spiro atoms. The summed E-state index contributed by atoms with van der Waals surface area (Å²) in [6.45, 7) is 0.674. The summed E-state index contributed by atoms with van der Waals surface area (Å²) in [4.78, 5) is 31.2. The lowest BCUT2D eigenvalue weighted by Gasteiger charge is -2.06. The number of fused-ring (bicyclic) bond motifs is 2. The van der Waals surface area contributed by atoms with Crippen molar-refractivity contribution in [3.8, 4) is 11.5 Å². The van der Waals surface area contributed by atoms with Crippen LogP contribution in [0, 0.1) is 0 Å². The Morgan fingerprint density at radius 1 is 1.36 bits per heavy atom. The monoisotopic (exact) mass is 403 g/mol. The van der Waals surface area contributed by atoms with E-state index < -0.39 is 0 Å². The van der Waals surface area contributed by atoms with Crippen LogP contribution < -0.4 is 20.3 Å². The number of amides is 1. The van der Waals surface area contributed by atoms with E-state index in [0.717, 1.165) is 17.3 Å². The maximum atomic E-state index is 12.1. The molecule has 3 N–H and O–H groups in total. The molecule has 0 unspecified atom stereocenters. The Labute approximate surface area is 162 Å². The minimum Gasteiger partial charge on any atom is -0.454 e. The normalized spacial score (nSPS) is 12.5. The van der Waals surface area contributed by atoms with Gasteiger partial charge < -0.3 is 24.9 Å². The summed E-state index contributed by atoms with van der Waals surface area (Å²) < 4.78 is 12.0. The summed E-state index contributed by atoms with van der Waals surface area (Å²) >= 11 is 1.12. The first-order valence-corrected chi connectivity index (χ1v) is 9.47. The number of H-pyrrole nitrogens is 1. The molecular formula is C17H17N5O5S. The van der Waals surface area contributed by atoms with Crippen molar-refractivity contribution in [1.29, 1.82) is 0 Å². The maximum absolute atomic E-state index is 12.1. The molecule has 0 saturated heterocycles. The van der Waals surface area contributed by atoms with E-state index in [1.807, 2.05) is 12.1 Å². The lowest BCUT2D eigenvalue weighted by molar-refractivity contribution is -0.118. The van der Waals surface area contributed by atoms with E-state index in [-0.39, 0.29) is 37.2 Å². The fourth-order valence-corrected chi connectivity index (χ4v) is 3.39. The van der Waals surface area contributed by atoms with Crippen molar-refractivity contribution in [3.05, 3.63) is 40.3 Å². The molecule has 4 rings (SSSR count). The first kappa shape index (κ1) is 18.3. The van der Waals surface area contributed by atoms with Crippen molar-refractivity contribution in [1.82, 2.24) is 25.1 Å². The molecule has 0 fully saturated rings. The molecule has 146 valence electrons. The van der Waals surface area contributed by atoms with Crippen molar-refractivity contribution >= 4 is 28.7 Å². The molecule has 28 heavy (non-hydrogen) atoms. The number of carbonyl (C=O) groups excluding carboxylic acids is 1. The second-order valence-corrected chi connectivity index (χ2v) is 6.92. The van der Waals surface area contributed by atoms with Crippen LogP contribution in [-0.4, -0.2) is 49.9 Å². The second-order valence-electron chi connectivity index (χ2n) is 5.95. The summed E-state index contributed by atoms with van der Waals surface area (Å²) in [6.07, 6.45) is 1.41. The number of aliphatic hydroxyl groups excluding tert-OH is 1. The van der Waals surface area contributed by atoms with Gasteiger partial charge in [0.25, 0.3) is 5.56 Å². The van der Waals surface area contributed by atoms with Crippen LogP contribution in [-0.2, 0) is 17.9 Å². The van der Waals surface area contributed by atoms with E-state index in [1.165, 1.54) is 10.9 Å². The fraction of sp³-hybridized carbons (Fsp3) is 0.294. The van der Waals surface area contributed by atoms with Crippen LogP contribution in [0.15, 0.2) is 34.3 Å². The first-order chi connectivity index (χ1) is 13.6. The average Bonchev–Trinajstić information content (AvgIpc) is 3.32. The Morgan fingerprint density at radius 2 is 2.21 bits per heavy atom. The Morgan fingerprint density at radius 3 is 3.07 bits per heavy atom. The quantitative estimate of drug-likeness (QED) is 0.378. The Kier molecular flexibility index (Phi) is 5.17. The van der Waals surface area contributed by atoms with Crippen molar-refractivity contribution in [2.75, 3.05) is 19.2 Å². The third-order valence-corrected chi connectivity index (χ3v) is 4.94. The number of aromatic nitrogens is 4. The van der Waals surface area contributed by atoms with Gasteiger partial charge in [-0.1, -0.05) is 17.8 Å². The lowest BCUT2D eigenvalue weighted by Crippen LogP contribution is -2.24. The number of nitrogens with one attached hydrogen (secondary N) is 2. The van der Waals surface area contributed by atoms with Gasteiger partial charge in [0.05, 0.1) is 25.1 Å². The third-order valence-electron chi connectivity index (χ3n) is 4.06. The smallest absolute Gasteiger partial charge is 0.262 e. The number of aromatic amines is 1. The zero-order chi connectivity index (χ0) is 19.5. The highest BCUT2D eigenvalue weighted by molar-refractivity contribution is 7.99. The fourth-order valence-electron chi connectivity index (χ4n) is 2.71. The number of nitrogens with zero attached hydrogens (tertiary/aromatic N) is 3. The van der Waals surface area contributed by atoms with Gasteiger partial charge in [0.1, 0.15) is 5.39 Å². The van der Waals surface area contributed by atoms with Crippen LogP contribution in [0.4, 0.5) is 0 Å². The summed E-state index contributed by atoms with van der Waals surface area (Å²) in [5.41, 5.74) is 0.932. The van der Waals surface area contributed by atoms with E-state index in [1.54, 1.807) is 6.07 Å². The number of aliphatic hydroxyl groups is 1. The Balaban J connectivity index is 1.36. The molecule has 10 nitrogen and oxygen atoms in total. The highest BCUT2D eigenvalue weighted by Crippen LogP contribution is 2.32. The van der Waals surface area contributed by atoms with Gasteiger partial charge in [-0.3, -0.25) is 9.59 Å². The summed E-state index contributed by atoms with van der Waals surface area (Å²) in [7, 11) is 0. The highest BCUT2D eigenvalue weighted by atomic mass is 32.2. The van der Waals surface area contributed by atoms with Gasteiger partial charge in [-0.25, -0.2) is 9.67 Å². The van der Waals surface area contributed by atoms with E-state index in [2.05, 4.69) is 20.4 Å². The Bertz CT molecular complexity index is 1080. The number of benzene rings is 1. The predicted molar refractivity (Wildman–Crippen MR) is 100 cm³/mol. The summed E-state index contributed by atoms with van der Waals surface area (Å²) in [6, 6.07) is 5.49. The molecule has 3 aromatic rings. The molecule has 1 aliphatic heterocycles. The van der Waals surface area contributed by atoms with Crippen LogP contribution in [0.25, 0.3) is 11.0 Å². The standard InChI is InChI=1S/C17H17N5O5S/c23-4-3-22-15-11(7-19-22)16(25)21-17(20-15)28-8-14(24)18-6-10-1-2-12-13(5-10)27-9-26-12/h1-2,5,7,23H,3-4,6,8-9H2,(H,18,24)(H,20,21,25). The minimum atomic E-state index is -0.336. The number of ether oxygens (including phenoxy) is 2. The molecule has 0 radical (unpaired) electrons. The average molecular weight is 403 g/mol. The molecule has 2 aromatic heterocycles. The van der Waals surface area contributed by atoms with Gasteiger partial charge in [0.15, 0.2) is 22.3 Å². The zero-order valence-corrected chi connectivity index (χ0v) is 15.5. The van der Waals surface area contributed by atoms with Crippen LogP contribution >= 0.6 is 11.8 Å². The molecule has 0 atom stereocenters. The molecule has 1 aromatic carbocycles. The minimum absolute atomic E-state index is 0.0904.